The summed E-state index contributed by atoms with van der Waals surface area (Å²) in [5.41, 5.74) is 0. The standard InChI is InChI=1S/C7H14O.2C2H6.CH2O/c1-6-3-4-8-7(2)5-6;3*1-2/h6-7H,3-5H2,1-2H3;2*1-2H3;1H2/t6-,7?;;;/m0.../s1. The molecule has 2 heteroatoms. The van der Waals surface area contributed by atoms with Gasteiger partial charge in [0.2, 0.25) is 0 Å². The van der Waals surface area contributed by atoms with Crippen LogP contribution in [-0.4, -0.2) is 19.5 Å². The number of ether oxygens (including phenoxy) is 1. The van der Waals surface area contributed by atoms with E-state index in [1.165, 1.54) is 12.8 Å². The van der Waals surface area contributed by atoms with E-state index < -0.39 is 0 Å². The zero-order chi connectivity index (χ0) is 12.0. The average molecular weight is 204 g/mol. The second-order valence-corrected chi connectivity index (χ2v) is 2.81. The van der Waals surface area contributed by atoms with Crippen LogP contribution in [0.15, 0.2) is 0 Å². The van der Waals surface area contributed by atoms with Crippen molar-refractivity contribution in [2.75, 3.05) is 6.61 Å². The first-order valence-electron chi connectivity index (χ1n) is 5.69. The third kappa shape index (κ3) is 14.2. The van der Waals surface area contributed by atoms with Gasteiger partial charge in [-0.25, -0.2) is 0 Å². The maximum Gasteiger partial charge on any atom is 0.106 e. The largest absolute Gasteiger partial charge is 0.378 e. The van der Waals surface area contributed by atoms with E-state index >= 15 is 0 Å². The van der Waals surface area contributed by atoms with Crippen LogP contribution in [-0.2, 0) is 9.53 Å². The van der Waals surface area contributed by atoms with Crippen molar-refractivity contribution < 1.29 is 9.53 Å². The molecule has 0 amide bonds. The Balaban J connectivity index is -0.000000174. The first kappa shape index (κ1) is 19.2. The molecule has 0 aliphatic carbocycles. The molecule has 88 valence electrons. The highest BCUT2D eigenvalue weighted by atomic mass is 16.5. The first-order chi connectivity index (χ1) is 6.79. The molecule has 1 fully saturated rings. The Labute approximate surface area is 90.0 Å². The summed E-state index contributed by atoms with van der Waals surface area (Å²) in [4.78, 5) is 8.00. The molecule has 0 N–H and O–H groups in total. The van der Waals surface area contributed by atoms with Gasteiger partial charge in [-0.05, 0) is 25.7 Å². The molecule has 1 saturated heterocycles. The highest BCUT2D eigenvalue weighted by Gasteiger charge is 2.13. The molecule has 2 nitrogen and oxygen atoms in total. The van der Waals surface area contributed by atoms with Crippen LogP contribution in [0.3, 0.4) is 0 Å². The Bertz CT molecular complexity index is 76.4. The van der Waals surface area contributed by atoms with Crippen LogP contribution in [0, 0.1) is 5.92 Å². The Morgan fingerprint density at radius 1 is 1.07 bits per heavy atom. The van der Waals surface area contributed by atoms with E-state index in [0.29, 0.717) is 6.10 Å². The summed E-state index contributed by atoms with van der Waals surface area (Å²) in [5.74, 6) is 0.888. The maximum absolute atomic E-state index is 8.00. The van der Waals surface area contributed by atoms with Crippen molar-refractivity contribution in [3.63, 3.8) is 0 Å². The number of hydrogen-bond donors (Lipinski definition) is 0. The molecule has 1 aliphatic heterocycles. The second-order valence-electron chi connectivity index (χ2n) is 2.81. The van der Waals surface area contributed by atoms with E-state index in [4.69, 9.17) is 9.53 Å². The van der Waals surface area contributed by atoms with Gasteiger partial charge in [0.05, 0.1) is 6.10 Å². The molecule has 1 rings (SSSR count). The lowest BCUT2D eigenvalue weighted by molar-refractivity contribution is -0.0979. The van der Waals surface area contributed by atoms with Crippen LogP contribution in [0.2, 0.25) is 0 Å². The number of hydrogen-bond acceptors (Lipinski definition) is 2. The topological polar surface area (TPSA) is 26.3 Å². The quantitative estimate of drug-likeness (QED) is 0.601. The fourth-order valence-corrected chi connectivity index (χ4v) is 1.22. The van der Waals surface area contributed by atoms with Gasteiger partial charge in [0.1, 0.15) is 6.79 Å². The zero-order valence-electron chi connectivity index (χ0n) is 10.8. The molecule has 2 atom stereocenters. The van der Waals surface area contributed by atoms with Crippen molar-refractivity contribution in [2.24, 2.45) is 5.92 Å². The molecule has 1 aliphatic rings. The molecule has 1 heterocycles. The van der Waals surface area contributed by atoms with Gasteiger partial charge in [0.25, 0.3) is 0 Å². The second kappa shape index (κ2) is 18.4. The monoisotopic (exact) mass is 204 g/mol. The minimum Gasteiger partial charge on any atom is -0.378 e. The van der Waals surface area contributed by atoms with Crippen LogP contribution in [0.1, 0.15) is 54.4 Å². The summed E-state index contributed by atoms with van der Waals surface area (Å²) in [6.07, 6.45) is 3.02. The van der Waals surface area contributed by atoms with E-state index in [0.717, 1.165) is 12.5 Å². The minimum absolute atomic E-state index is 0.513. The van der Waals surface area contributed by atoms with Crippen molar-refractivity contribution in [2.45, 2.75) is 60.5 Å². The first-order valence-corrected chi connectivity index (χ1v) is 5.69. The summed E-state index contributed by atoms with van der Waals surface area (Å²) >= 11 is 0. The summed E-state index contributed by atoms with van der Waals surface area (Å²) in [7, 11) is 0. The smallest absolute Gasteiger partial charge is 0.106 e. The fourth-order valence-electron chi connectivity index (χ4n) is 1.22. The van der Waals surface area contributed by atoms with Gasteiger partial charge < -0.3 is 9.53 Å². The number of carbonyl (C=O) groups is 1. The average Bonchev–Trinajstić information content (AvgIpc) is 2.26. The molecule has 0 aromatic rings. The van der Waals surface area contributed by atoms with Crippen LogP contribution < -0.4 is 0 Å². The number of rotatable bonds is 0. The third-order valence-electron chi connectivity index (χ3n) is 1.75. The van der Waals surface area contributed by atoms with Gasteiger partial charge >= 0.3 is 0 Å². The van der Waals surface area contributed by atoms with Gasteiger partial charge in [0, 0.05) is 6.61 Å². The Hall–Kier alpha value is -0.370. The zero-order valence-corrected chi connectivity index (χ0v) is 10.8. The lowest BCUT2D eigenvalue weighted by atomic mass is 9.99. The summed E-state index contributed by atoms with van der Waals surface area (Å²) in [6.45, 7) is 15.4. The maximum atomic E-state index is 8.00. The van der Waals surface area contributed by atoms with Gasteiger partial charge in [-0.15, -0.1) is 0 Å². The van der Waals surface area contributed by atoms with E-state index in [9.17, 15) is 0 Å². The predicted molar refractivity (Wildman–Crippen MR) is 63.6 cm³/mol. The molecular weight excluding hydrogens is 176 g/mol. The van der Waals surface area contributed by atoms with Crippen LogP contribution >= 0.6 is 0 Å². The minimum atomic E-state index is 0.513. The summed E-state index contributed by atoms with van der Waals surface area (Å²) in [6, 6.07) is 0. The normalized spacial score (nSPS) is 23.9. The van der Waals surface area contributed by atoms with Crippen molar-refractivity contribution in [1.82, 2.24) is 0 Å². The fraction of sp³-hybridized carbons (Fsp3) is 0.917. The van der Waals surface area contributed by atoms with E-state index in [1.54, 1.807) is 0 Å². The van der Waals surface area contributed by atoms with Crippen molar-refractivity contribution in [1.29, 1.82) is 0 Å². The number of carbonyl (C=O) groups excluding carboxylic acids is 1. The van der Waals surface area contributed by atoms with Gasteiger partial charge in [-0.3, -0.25) is 0 Å². The van der Waals surface area contributed by atoms with E-state index in [2.05, 4.69) is 13.8 Å². The van der Waals surface area contributed by atoms with Crippen LogP contribution in [0.25, 0.3) is 0 Å². The molecule has 0 bridgehead atoms. The molecule has 0 saturated carbocycles. The van der Waals surface area contributed by atoms with E-state index in [-0.39, 0.29) is 0 Å². The molecular formula is C12H28O2. The molecule has 0 aromatic carbocycles. The molecule has 0 radical (unpaired) electrons. The SMILES string of the molecule is C=O.CC.CC.CC1C[C@@H](C)CCO1. The third-order valence-corrected chi connectivity index (χ3v) is 1.75. The van der Waals surface area contributed by atoms with E-state index in [1.807, 2.05) is 34.5 Å². The Morgan fingerprint density at radius 3 is 1.71 bits per heavy atom. The molecule has 14 heavy (non-hydrogen) atoms. The van der Waals surface area contributed by atoms with Crippen molar-refractivity contribution in [3.05, 3.63) is 0 Å². The van der Waals surface area contributed by atoms with Crippen LogP contribution in [0.4, 0.5) is 0 Å². The van der Waals surface area contributed by atoms with Crippen molar-refractivity contribution >= 4 is 6.79 Å². The Kier molecular flexibility index (Phi) is 25.3. The molecule has 0 aromatic heterocycles. The summed E-state index contributed by atoms with van der Waals surface area (Å²) in [5, 5.41) is 0. The van der Waals surface area contributed by atoms with Gasteiger partial charge in [-0.2, -0.15) is 0 Å². The molecule has 1 unspecified atom stereocenters. The highest BCUT2D eigenvalue weighted by Crippen LogP contribution is 2.18. The Morgan fingerprint density at radius 2 is 1.50 bits per heavy atom. The lowest BCUT2D eigenvalue weighted by Crippen LogP contribution is -2.20. The highest BCUT2D eigenvalue weighted by molar-refractivity contribution is 5.10. The van der Waals surface area contributed by atoms with Crippen LogP contribution in [0.5, 0.6) is 0 Å². The van der Waals surface area contributed by atoms with Crippen molar-refractivity contribution in [3.8, 4) is 0 Å². The summed E-state index contributed by atoms with van der Waals surface area (Å²) < 4.78 is 5.35. The predicted octanol–water partition coefficient (Wildman–Crippen LogP) is 3.69. The van der Waals surface area contributed by atoms with Gasteiger partial charge in [0.15, 0.2) is 0 Å². The lowest BCUT2D eigenvalue weighted by Gasteiger charge is -2.23. The molecule has 0 spiro atoms. The van der Waals surface area contributed by atoms with Gasteiger partial charge in [-0.1, -0.05) is 34.6 Å².